The molecule has 2 aliphatic rings. The van der Waals surface area contributed by atoms with Gasteiger partial charge in [0, 0.05) is 37.2 Å². The molecule has 1 N–H and O–H groups in total. The summed E-state index contributed by atoms with van der Waals surface area (Å²) in [6, 6.07) is 1.76. The van der Waals surface area contributed by atoms with Gasteiger partial charge in [-0.3, -0.25) is 10.1 Å². The number of amides is 1. The second-order valence-corrected chi connectivity index (χ2v) is 11.9. The maximum atomic E-state index is 12.9. The highest BCUT2D eigenvalue weighted by molar-refractivity contribution is 7.96. The van der Waals surface area contributed by atoms with Gasteiger partial charge in [0.15, 0.2) is 6.29 Å². The van der Waals surface area contributed by atoms with E-state index in [2.05, 4.69) is 17.4 Å². The van der Waals surface area contributed by atoms with Crippen LogP contribution in [-0.4, -0.2) is 54.1 Å². The highest BCUT2D eigenvalue weighted by Crippen LogP contribution is 2.39. The molecule has 1 aliphatic heterocycles. The van der Waals surface area contributed by atoms with Crippen LogP contribution in [0.2, 0.25) is 0 Å². The molecule has 0 aromatic carbocycles. The third-order valence-corrected chi connectivity index (χ3v) is 7.62. The van der Waals surface area contributed by atoms with Crippen molar-refractivity contribution in [2.24, 2.45) is 0 Å². The first-order valence-electron chi connectivity index (χ1n) is 11.9. The molecule has 3 rings (SSSR count). The van der Waals surface area contributed by atoms with Gasteiger partial charge in [0.25, 0.3) is 0 Å². The van der Waals surface area contributed by atoms with Gasteiger partial charge >= 0.3 is 0 Å². The fourth-order valence-electron chi connectivity index (χ4n) is 3.90. The zero-order valence-electron chi connectivity index (χ0n) is 20.9. The molecule has 2 heterocycles. The van der Waals surface area contributed by atoms with Gasteiger partial charge in [-0.25, -0.2) is 0 Å². The molecule has 1 atom stereocenters. The number of anilines is 1. The predicted octanol–water partition coefficient (Wildman–Crippen LogP) is 5.23. The Bertz CT molecular complexity index is 767. The van der Waals surface area contributed by atoms with E-state index in [1.54, 1.807) is 13.2 Å². The van der Waals surface area contributed by atoms with Crippen molar-refractivity contribution in [3.63, 3.8) is 0 Å². The normalized spacial score (nSPS) is 26.8. The van der Waals surface area contributed by atoms with E-state index in [0.717, 1.165) is 57.2 Å². The monoisotopic (exact) mass is 484 g/mol. The molecule has 1 saturated heterocycles. The number of nitrogens with one attached hydrogen (secondary N) is 1. The lowest BCUT2D eigenvalue weighted by atomic mass is 9.85. The highest BCUT2D eigenvalue weighted by Gasteiger charge is 2.38. The van der Waals surface area contributed by atoms with Crippen molar-refractivity contribution >= 4 is 23.8 Å². The molecule has 8 nitrogen and oxygen atoms in total. The number of aromatic nitrogens is 1. The summed E-state index contributed by atoms with van der Waals surface area (Å²) in [5.41, 5.74) is 0.0803. The molecule has 33 heavy (non-hydrogen) atoms. The molecule has 1 aliphatic carbocycles. The Hall–Kier alpha value is -1.13. The molecule has 1 aromatic rings. The minimum absolute atomic E-state index is 0.159. The Morgan fingerprint density at radius 3 is 2.61 bits per heavy atom. The van der Waals surface area contributed by atoms with Crippen molar-refractivity contribution in [2.45, 2.75) is 108 Å². The SMILES string of the molecule is COC1CCC(C)(OSC(C)(C)C(=O)Nc2cc(C(C)(C)COC3CCCCO3)no2)CC1. The number of hydrogen-bond acceptors (Lipinski definition) is 8. The van der Waals surface area contributed by atoms with Gasteiger partial charge in [0.1, 0.15) is 4.75 Å². The van der Waals surface area contributed by atoms with Crippen molar-refractivity contribution in [2.75, 3.05) is 25.6 Å². The smallest absolute Gasteiger partial charge is 0.244 e. The molecule has 0 radical (unpaired) electrons. The summed E-state index contributed by atoms with van der Waals surface area (Å²) in [5, 5.41) is 7.01. The van der Waals surface area contributed by atoms with E-state index in [1.807, 2.05) is 27.7 Å². The van der Waals surface area contributed by atoms with Crippen LogP contribution < -0.4 is 5.32 Å². The van der Waals surface area contributed by atoms with Crippen LogP contribution in [0.5, 0.6) is 0 Å². The second kappa shape index (κ2) is 11.1. The Morgan fingerprint density at radius 2 is 1.97 bits per heavy atom. The summed E-state index contributed by atoms with van der Waals surface area (Å²) in [6.45, 7) is 11.1. The van der Waals surface area contributed by atoms with Crippen LogP contribution in [0.4, 0.5) is 5.88 Å². The summed E-state index contributed by atoms with van der Waals surface area (Å²) < 4.78 is 27.8. The predicted molar refractivity (Wildman–Crippen MR) is 128 cm³/mol. The lowest BCUT2D eigenvalue weighted by Crippen LogP contribution is -2.39. The van der Waals surface area contributed by atoms with Crippen LogP contribution in [-0.2, 0) is 28.6 Å². The van der Waals surface area contributed by atoms with E-state index in [-0.39, 0.29) is 23.2 Å². The average Bonchev–Trinajstić information content (AvgIpc) is 3.27. The quantitative estimate of drug-likeness (QED) is 0.452. The molecular weight excluding hydrogens is 444 g/mol. The standard InChI is InChI=1S/C24H40N2O6S/c1-22(2,16-30-20-9-7-8-14-29-20)18-15-19(31-26-18)25-21(27)23(3,4)33-32-24(5)12-10-17(28-6)11-13-24/h15,17,20H,7-14,16H2,1-6H3,(H,25,27). The van der Waals surface area contributed by atoms with E-state index in [4.69, 9.17) is 22.9 Å². The molecule has 0 spiro atoms. The molecule has 1 saturated carbocycles. The van der Waals surface area contributed by atoms with Gasteiger partial charge in [0.2, 0.25) is 11.8 Å². The van der Waals surface area contributed by atoms with Gasteiger partial charge in [-0.2, -0.15) is 0 Å². The van der Waals surface area contributed by atoms with Gasteiger partial charge in [-0.15, -0.1) is 0 Å². The van der Waals surface area contributed by atoms with Crippen LogP contribution in [0.25, 0.3) is 0 Å². The van der Waals surface area contributed by atoms with Crippen molar-refractivity contribution in [1.82, 2.24) is 5.16 Å². The van der Waals surface area contributed by atoms with E-state index in [1.165, 1.54) is 12.0 Å². The number of carbonyl (C=O) groups excluding carboxylic acids is 1. The minimum Gasteiger partial charge on any atom is -0.381 e. The third kappa shape index (κ3) is 7.42. The van der Waals surface area contributed by atoms with E-state index < -0.39 is 4.75 Å². The molecule has 0 bridgehead atoms. The van der Waals surface area contributed by atoms with E-state index in [0.29, 0.717) is 18.6 Å². The van der Waals surface area contributed by atoms with Crippen LogP contribution in [0.1, 0.15) is 85.3 Å². The highest BCUT2D eigenvalue weighted by atomic mass is 32.2. The summed E-state index contributed by atoms with van der Waals surface area (Å²) in [6.07, 6.45) is 7.01. The first kappa shape index (κ1) is 26.5. The lowest BCUT2D eigenvalue weighted by molar-refractivity contribution is -0.170. The zero-order chi connectivity index (χ0) is 24.1. The Labute approximate surface area is 202 Å². The topological polar surface area (TPSA) is 92.1 Å². The fraction of sp³-hybridized carbons (Fsp3) is 0.833. The number of carbonyl (C=O) groups is 1. The van der Waals surface area contributed by atoms with Crippen molar-refractivity contribution in [3.8, 4) is 0 Å². The molecule has 2 fully saturated rings. The fourth-order valence-corrected chi connectivity index (χ4v) is 4.60. The summed E-state index contributed by atoms with van der Waals surface area (Å²) >= 11 is 1.21. The number of nitrogens with zero attached hydrogens (tertiary/aromatic N) is 1. The summed E-state index contributed by atoms with van der Waals surface area (Å²) in [7, 11) is 1.75. The van der Waals surface area contributed by atoms with Crippen LogP contribution in [0, 0.1) is 0 Å². The average molecular weight is 485 g/mol. The first-order chi connectivity index (χ1) is 15.5. The maximum Gasteiger partial charge on any atom is 0.244 e. The number of methoxy groups -OCH3 is 1. The number of ether oxygens (including phenoxy) is 3. The van der Waals surface area contributed by atoms with Gasteiger partial charge < -0.3 is 22.9 Å². The van der Waals surface area contributed by atoms with Crippen molar-refractivity contribution in [3.05, 3.63) is 11.8 Å². The molecule has 188 valence electrons. The van der Waals surface area contributed by atoms with E-state index >= 15 is 0 Å². The van der Waals surface area contributed by atoms with Crippen molar-refractivity contribution in [1.29, 1.82) is 0 Å². The summed E-state index contributed by atoms with van der Waals surface area (Å²) in [5.74, 6) is 0.117. The zero-order valence-corrected chi connectivity index (χ0v) is 21.7. The van der Waals surface area contributed by atoms with E-state index in [9.17, 15) is 4.79 Å². The molecular formula is C24H40N2O6S. The Kier molecular flexibility index (Phi) is 8.88. The van der Waals surface area contributed by atoms with Crippen LogP contribution in [0.3, 0.4) is 0 Å². The van der Waals surface area contributed by atoms with Crippen LogP contribution in [0.15, 0.2) is 10.6 Å². The molecule has 1 aromatic heterocycles. The molecule has 1 amide bonds. The molecule has 9 heteroatoms. The largest absolute Gasteiger partial charge is 0.381 e. The Balaban J connectivity index is 1.50. The summed E-state index contributed by atoms with van der Waals surface area (Å²) in [4.78, 5) is 12.9. The maximum absolute atomic E-state index is 12.9. The Morgan fingerprint density at radius 1 is 1.24 bits per heavy atom. The number of rotatable bonds is 10. The van der Waals surface area contributed by atoms with Gasteiger partial charge in [0.05, 0.1) is 24.0 Å². The van der Waals surface area contributed by atoms with Crippen molar-refractivity contribution < 1.29 is 27.7 Å². The first-order valence-corrected chi connectivity index (χ1v) is 12.7. The second-order valence-electron chi connectivity index (χ2n) is 10.6. The minimum atomic E-state index is -0.801. The third-order valence-electron chi connectivity index (χ3n) is 6.53. The van der Waals surface area contributed by atoms with Gasteiger partial charge in [-0.1, -0.05) is 19.0 Å². The van der Waals surface area contributed by atoms with Crippen LogP contribution >= 0.6 is 12.0 Å². The lowest BCUT2D eigenvalue weighted by Gasteiger charge is -2.37. The molecule has 1 unspecified atom stereocenters. The number of hydrogen-bond donors (Lipinski definition) is 1. The van der Waals surface area contributed by atoms with Gasteiger partial charge in [-0.05, 0) is 65.7 Å².